The second kappa shape index (κ2) is 19.1. The zero-order chi connectivity index (χ0) is 37.5. The van der Waals surface area contributed by atoms with Gasteiger partial charge in [0.25, 0.3) is 5.91 Å². The van der Waals surface area contributed by atoms with Crippen LogP contribution in [0.25, 0.3) is 22.0 Å². The molecule has 1 atom stereocenters. The van der Waals surface area contributed by atoms with Crippen molar-refractivity contribution in [3.8, 4) is 11.1 Å². The van der Waals surface area contributed by atoms with Gasteiger partial charge in [-0.05, 0) is 136 Å². The topological polar surface area (TPSA) is 145 Å². The fourth-order valence-corrected chi connectivity index (χ4v) is 8.44. The maximum atomic E-state index is 13.8. The van der Waals surface area contributed by atoms with Gasteiger partial charge in [-0.2, -0.15) is 5.10 Å². The molecule has 0 bridgehead atoms. The predicted octanol–water partition coefficient (Wildman–Crippen LogP) is 7.43. The number of aromatic amines is 1. The van der Waals surface area contributed by atoms with Gasteiger partial charge in [-0.3, -0.25) is 19.5 Å². The van der Waals surface area contributed by atoms with Gasteiger partial charge in [0.2, 0.25) is 11.8 Å². The standard InChI is InChI=1S/C42H54ClN7O3.ClH/c1-4-50(5-2)34-18-15-32(16-19-34)45-41(52)31-14-20-35(26(3)22-31)29-10-6-27(7-11-29)23-38(47-40(51)30-12-8-28(25-44)9-13-30)42(53)46-33-17-21-36-37(24-33)48-49-39(36)43;/h6-7,10-11,14,17,20-22,24,28,30,32,34,38H,4-5,8-9,12-13,15-16,18-19,23,25,44H2,1-3H3,(H,45,52)(H,46,53)(H,47,51)(H,48,49);1H/t28-,30-,32?,34?,38-;/m0./s1. The molecule has 0 unspecified atom stereocenters. The SMILES string of the molecule is CCN(CC)C1CCC(NC(=O)c2ccc(-c3ccc(C[C@H](NC(=O)[C@H]4CC[C@H](CN)CC4)C(=O)Nc4ccc5c(Cl)n[nH]c5c4)cc3)c(C)c2)CC1.Cl. The predicted molar refractivity (Wildman–Crippen MR) is 220 cm³/mol. The number of amides is 3. The normalized spacial score (nSPS) is 20.6. The summed E-state index contributed by atoms with van der Waals surface area (Å²) < 4.78 is 0. The molecule has 10 nitrogen and oxygen atoms in total. The van der Waals surface area contributed by atoms with Gasteiger partial charge in [0.05, 0.1) is 5.52 Å². The molecule has 12 heteroatoms. The van der Waals surface area contributed by atoms with E-state index >= 15 is 0 Å². The van der Waals surface area contributed by atoms with E-state index in [1.807, 2.05) is 49.4 Å². The number of anilines is 1. The zero-order valence-corrected chi connectivity index (χ0v) is 33.2. The molecule has 290 valence electrons. The molecule has 4 aromatic rings. The Hall–Kier alpha value is -3.96. The molecule has 2 saturated carbocycles. The third-order valence-corrected chi connectivity index (χ3v) is 11.8. The van der Waals surface area contributed by atoms with Crippen LogP contribution in [0.2, 0.25) is 5.15 Å². The van der Waals surface area contributed by atoms with Crippen molar-refractivity contribution in [1.82, 2.24) is 25.7 Å². The second-order valence-electron chi connectivity index (χ2n) is 14.9. The van der Waals surface area contributed by atoms with Crippen LogP contribution in [0.3, 0.4) is 0 Å². The summed E-state index contributed by atoms with van der Waals surface area (Å²) in [7, 11) is 0. The summed E-state index contributed by atoms with van der Waals surface area (Å²) in [4.78, 5) is 43.0. The summed E-state index contributed by atoms with van der Waals surface area (Å²) in [5.74, 6) is -0.107. The monoisotopic (exact) mass is 775 g/mol. The van der Waals surface area contributed by atoms with Crippen molar-refractivity contribution in [2.24, 2.45) is 17.6 Å². The van der Waals surface area contributed by atoms with Crippen molar-refractivity contribution >= 4 is 58.3 Å². The van der Waals surface area contributed by atoms with E-state index in [1.54, 1.807) is 18.2 Å². The van der Waals surface area contributed by atoms with Gasteiger partial charge in [-0.1, -0.05) is 55.8 Å². The van der Waals surface area contributed by atoms with Crippen molar-refractivity contribution in [3.63, 3.8) is 0 Å². The Bertz CT molecular complexity index is 1880. The molecule has 2 fully saturated rings. The molecule has 1 heterocycles. The lowest BCUT2D eigenvalue weighted by molar-refractivity contribution is -0.130. The third kappa shape index (κ3) is 10.0. The highest BCUT2D eigenvalue weighted by Crippen LogP contribution is 2.30. The van der Waals surface area contributed by atoms with Gasteiger partial charge in [-0.25, -0.2) is 0 Å². The molecule has 3 aromatic carbocycles. The molecule has 54 heavy (non-hydrogen) atoms. The lowest BCUT2D eigenvalue weighted by Crippen LogP contribution is -2.48. The van der Waals surface area contributed by atoms with E-state index in [-0.39, 0.29) is 42.1 Å². The molecule has 6 N–H and O–H groups in total. The Labute approximate surface area is 330 Å². The van der Waals surface area contributed by atoms with Crippen LogP contribution in [-0.4, -0.2) is 70.6 Å². The van der Waals surface area contributed by atoms with Crippen LogP contribution in [0, 0.1) is 18.8 Å². The molecule has 6 rings (SSSR count). The van der Waals surface area contributed by atoms with Crippen LogP contribution >= 0.6 is 24.0 Å². The summed E-state index contributed by atoms with van der Waals surface area (Å²) in [5, 5.41) is 17.4. The number of hydrogen-bond donors (Lipinski definition) is 5. The van der Waals surface area contributed by atoms with E-state index in [0.29, 0.717) is 46.8 Å². The highest BCUT2D eigenvalue weighted by Gasteiger charge is 2.30. The second-order valence-corrected chi connectivity index (χ2v) is 15.3. The number of H-pyrrole nitrogens is 1. The molecule has 0 radical (unpaired) electrons. The molecule has 0 spiro atoms. The van der Waals surface area contributed by atoms with Crippen molar-refractivity contribution in [3.05, 3.63) is 82.5 Å². The van der Waals surface area contributed by atoms with Crippen LogP contribution in [0.15, 0.2) is 60.7 Å². The van der Waals surface area contributed by atoms with Crippen molar-refractivity contribution in [2.75, 3.05) is 25.0 Å². The van der Waals surface area contributed by atoms with Crippen LogP contribution in [0.4, 0.5) is 5.69 Å². The summed E-state index contributed by atoms with van der Waals surface area (Å²) in [5.41, 5.74) is 11.8. The number of carbonyl (C=O) groups excluding carboxylic acids is 3. The smallest absolute Gasteiger partial charge is 0.251 e. The van der Waals surface area contributed by atoms with Gasteiger partial charge in [0.15, 0.2) is 5.15 Å². The largest absolute Gasteiger partial charge is 0.349 e. The number of aromatic nitrogens is 2. The number of rotatable bonds is 13. The van der Waals surface area contributed by atoms with Gasteiger partial charge in [0.1, 0.15) is 6.04 Å². The summed E-state index contributed by atoms with van der Waals surface area (Å²) in [6, 6.07) is 19.4. The maximum Gasteiger partial charge on any atom is 0.251 e. The quantitative estimate of drug-likeness (QED) is 0.0956. The Morgan fingerprint density at radius 2 is 1.63 bits per heavy atom. The van der Waals surface area contributed by atoms with Crippen LogP contribution in [-0.2, 0) is 16.0 Å². The van der Waals surface area contributed by atoms with Crippen molar-refractivity contribution < 1.29 is 14.4 Å². The Morgan fingerprint density at radius 1 is 0.926 bits per heavy atom. The van der Waals surface area contributed by atoms with E-state index in [9.17, 15) is 14.4 Å². The first-order valence-corrected chi connectivity index (χ1v) is 19.7. The van der Waals surface area contributed by atoms with Gasteiger partial charge < -0.3 is 26.6 Å². The lowest BCUT2D eigenvalue weighted by atomic mass is 9.81. The number of benzene rings is 3. The zero-order valence-electron chi connectivity index (χ0n) is 31.6. The molecular formula is C42H55Cl2N7O3. The van der Waals surface area contributed by atoms with E-state index in [4.69, 9.17) is 17.3 Å². The number of carbonyl (C=O) groups is 3. The number of fused-ring (bicyclic) bond motifs is 1. The highest BCUT2D eigenvalue weighted by molar-refractivity contribution is 6.34. The molecule has 0 aliphatic heterocycles. The number of nitrogens with one attached hydrogen (secondary N) is 4. The number of nitrogens with two attached hydrogens (primary N) is 1. The average Bonchev–Trinajstić information content (AvgIpc) is 3.55. The number of hydrogen-bond acceptors (Lipinski definition) is 6. The summed E-state index contributed by atoms with van der Waals surface area (Å²) in [6.07, 6.45) is 7.95. The third-order valence-electron chi connectivity index (χ3n) is 11.5. The highest BCUT2D eigenvalue weighted by atomic mass is 35.5. The number of halogens is 2. The molecular weight excluding hydrogens is 721 g/mol. The number of aryl methyl sites for hydroxylation is 1. The lowest BCUT2D eigenvalue weighted by Gasteiger charge is -2.36. The Balaban J connectivity index is 0.00000561. The Kier molecular flexibility index (Phi) is 14.6. The van der Waals surface area contributed by atoms with Crippen LogP contribution < -0.4 is 21.7 Å². The first kappa shape index (κ1) is 41.2. The van der Waals surface area contributed by atoms with E-state index in [2.05, 4.69) is 44.9 Å². The minimum Gasteiger partial charge on any atom is -0.349 e. The molecule has 0 saturated heterocycles. The number of nitrogens with zero attached hydrogens (tertiary/aromatic N) is 2. The molecule has 2 aliphatic rings. The van der Waals surface area contributed by atoms with Crippen LogP contribution in [0.1, 0.15) is 86.7 Å². The maximum absolute atomic E-state index is 13.8. The minimum absolute atomic E-state index is 0. The van der Waals surface area contributed by atoms with Gasteiger partial charge in [0, 0.05) is 41.1 Å². The van der Waals surface area contributed by atoms with Crippen molar-refractivity contribution in [1.29, 1.82) is 0 Å². The molecule has 2 aliphatic carbocycles. The van der Waals surface area contributed by atoms with E-state index in [1.165, 1.54) is 0 Å². The fourth-order valence-electron chi connectivity index (χ4n) is 8.23. The summed E-state index contributed by atoms with van der Waals surface area (Å²) >= 11 is 6.15. The first-order chi connectivity index (χ1) is 25.6. The van der Waals surface area contributed by atoms with Crippen LogP contribution in [0.5, 0.6) is 0 Å². The minimum atomic E-state index is -0.784. The van der Waals surface area contributed by atoms with E-state index < -0.39 is 6.04 Å². The van der Waals surface area contributed by atoms with Gasteiger partial charge in [-0.15, -0.1) is 12.4 Å². The van der Waals surface area contributed by atoms with Crippen molar-refractivity contribution in [2.45, 2.75) is 96.7 Å². The molecule has 3 amide bonds. The van der Waals surface area contributed by atoms with E-state index in [0.717, 1.165) is 92.1 Å². The van der Waals surface area contributed by atoms with Gasteiger partial charge >= 0.3 is 0 Å². The Morgan fingerprint density at radius 3 is 2.28 bits per heavy atom. The fraction of sp³-hybridized carbons (Fsp3) is 0.476. The summed E-state index contributed by atoms with van der Waals surface area (Å²) in [6.45, 7) is 9.24. The average molecular weight is 777 g/mol. The molecule has 1 aromatic heterocycles. The first-order valence-electron chi connectivity index (χ1n) is 19.3.